The highest BCUT2D eigenvalue weighted by Gasteiger charge is 2.38. The molecule has 1 atom stereocenters. The lowest BCUT2D eigenvalue weighted by atomic mass is 10.1. The van der Waals surface area contributed by atoms with Gasteiger partial charge in [0, 0.05) is 20.0 Å². The molecule has 0 saturated carbocycles. The maximum atomic E-state index is 12.6. The molecule has 0 unspecified atom stereocenters. The van der Waals surface area contributed by atoms with Crippen molar-refractivity contribution in [3.63, 3.8) is 0 Å². The van der Waals surface area contributed by atoms with Crippen LogP contribution < -0.4 is 15.4 Å². The summed E-state index contributed by atoms with van der Waals surface area (Å²) in [6.45, 7) is 0.528. The van der Waals surface area contributed by atoms with E-state index in [9.17, 15) is 14.4 Å². The number of fused-ring (bicyclic) bond motifs is 1. The molecule has 1 aliphatic heterocycles. The first-order valence-corrected chi connectivity index (χ1v) is 10.4. The fourth-order valence-electron chi connectivity index (χ4n) is 3.77. The molecule has 0 aliphatic carbocycles. The lowest BCUT2D eigenvalue weighted by Crippen LogP contribution is -2.37. The first-order chi connectivity index (χ1) is 15.5. The quantitative estimate of drug-likeness (QED) is 0.525. The molecule has 2 heterocycles. The number of rotatable bonds is 8. The third-order valence-electron chi connectivity index (χ3n) is 5.55. The molecular formula is C23H25N5O4. The van der Waals surface area contributed by atoms with Crippen molar-refractivity contribution < 1.29 is 19.1 Å². The van der Waals surface area contributed by atoms with Gasteiger partial charge in [0.05, 0.1) is 31.1 Å². The number of methoxy groups -OCH3 is 1. The second-order valence-electron chi connectivity index (χ2n) is 7.65. The highest BCUT2D eigenvalue weighted by molar-refractivity contribution is 6.05. The zero-order valence-corrected chi connectivity index (χ0v) is 18.0. The van der Waals surface area contributed by atoms with Crippen LogP contribution in [0.3, 0.4) is 0 Å². The van der Waals surface area contributed by atoms with Crippen LogP contribution in [0.2, 0.25) is 0 Å². The Morgan fingerprint density at radius 2 is 1.91 bits per heavy atom. The van der Waals surface area contributed by atoms with E-state index in [-0.39, 0.29) is 18.9 Å². The molecule has 32 heavy (non-hydrogen) atoms. The van der Waals surface area contributed by atoms with Crippen molar-refractivity contribution in [2.45, 2.75) is 25.4 Å². The largest absolute Gasteiger partial charge is 0.497 e. The summed E-state index contributed by atoms with van der Waals surface area (Å²) in [5.74, 6) is 0.853. The van der Waals surface area contributed by atoms with Gasteiger partial charge in [0.2, 0.25) is 5.91 Å². The highest BCUT2D eigenvalue weighted by Crippen LogP contribution is 2.17. The number of imidazole rings is 1. The topological polar surface area (TPSA) is 106 Å². The fraction of sp³-hybridized carbons (Fsp3) is 0.304. The summed E-state index contributed by atoms with van der Waals surface area (Å²) in [4.78, 5) is 43.0. The van der Waals surface area contributed by atoms with Crippen LogP contribution in [0, 0.1) is 0 Å². The summed E-state index contributed by atoms with van der Waals surface area (Å²) in [6.07, 6.45) is 0.456. The Labute approximate surface area is 185 Å². The molecule has 166 valence electrons. The van der Waals surface area contributed by atoms with Crippen molar-refractivity contribution >= 4 is 28.9 Å². The number of hydrogen-bond donors (Lipinski definition) is 2. The van der Waals surface area contributed by atoms with Crippen molar-refractivity contribution in [3.8, 4) is 5.75 Å². The predicted octanol–water partition coefficient (Wildman–Crippen LogP) is 1.75. The number of nitrogens with zero attached hydrogens (tertiary/aromatic N) is 3. The predicted molar refractivity (Wildman–Crippen MR) is 118 cm³/mol. The number of hydrogen-bond acceptors (Lipinski definition) is 5. The Balaban J connectivity index is 1.28. The number of benzene rings is 2. The molecule has 9 heteroatoms. The lowest BCUT2D eigenvalue weighted by Gasteiger charge is -2.13. The molecule has 3 aromatic rings. The molecule has 0 radical (unpaired) electrons. The van der Waals surface area contributed by atoms with E-state index in [1.165, 1.54) is 0 Å². The van der Waals surface area contributed by atoms with Crippen LogP contribution in [0.25, 0.3) is 11.0 Å². The number of carbonyl (C=O) groups is 3. The number of aryl methyl sites for hydroxylation is 1. The zero-order valence-electron chi connectivity index (χ0n) is 18.0. The van der Waals surface area contributed by atoms with Crippen molar-refractivity contribution in [1.82, 2.24) is 25.1 Å². The van der Waals surface area contributed by atoms with Gasteiger partial charge < -0.3 is 19.9 Å². The summed E-state index contributed by atoms with van der Waals surface area (Å²) in [5.41, 5.74) is 2.74. The Morgan fingerprint density at radius 3 is 2.62 bits per heavy atom. The summed E-state index contributed by atoms with van der Waals surface area (Å²) in [5, 5.41) is 5.41. The van der Waals surface area contributed by atoms with E-state index in [2.05, 4.69) is 15.6 Å². The van der Waals surface area contributed by atoms with Gasteiger partial charge in [-0.15, -0.1) is 0 Å². The Kier molecular flexibility index (Phi) is 6.07. The van der Waals surface area contributed by atoms with Gasteiger partial charge in [0.1, 0.15) is 17.6 Å². The molecule has 1 fully saturated rings. The van der Waals surface area contributed by atoms with Gasteiger partial charge >= 0.3 is 6.03 Å². The molecule has 1 aliphatic rings. The van der Waals surface area contributed by atoms with Crippen molar-refractivity contribution in [3.05, 3.63) is 59.9 Å². The Morgan fingerprint density at radius 1 is 1.16 bits per heavy atom. The van der Waals surface area contributed by atoms with Crippen molar-refractivity contribution in [2.75, 3.05) is 13.7 Å². The zero-order chi connectivity index (χ0) is 22.7. The van der Waals surface area contributed by atoms with Gasteiger partial charge in [-0.25, -0.2) is 9.78 Å². The Hall–Kier alpha value is -3.88. The smallest absolute Gasteiger partial charge is 0.325 e. The van der Waals surface area contributed by atoms with E-state index in [1.807, 2.05) is 35.9 Å². The summed E-state index contributed by atoms with van der Waals surface area (Å²) in [7, 11) is 3.51. The summed E-state index contributed by atoms with van der Waals surface area (Å²) >= 11 is 0. The highest BCUT2D eigenvalue weighted by atomic mass is 16.5. The number of ether oxygens (including phenoxy) is 1. The third-order valence-corrected chi connectivity index (χ3v) is 5.55. The number of urea groups is 1. The third kappa shape index (κ3) is 4.41. The monoisotopic (exact) mass is 435 g/mol. The SMILES string of the molecule is COc1ccc(CN2C(=O)N[C@@H](CC(=O)NCCc3nc4ccccc4n3C)C2=O)cc1. The number of amides is 4. The van der Waals surface area contributed by atoms with E-state index in [1.54, 1.807) is 31.4 Å². The van der Waals surface area contributed by atoms with Gasteiger partial charge in [-0.05, 0) is 29.8 Å². The van der Waals surface area contributed by atoms with Gasteiger partial charge in [-0.1, -0.05) is 24.3 Å². The minimum Gasteiger partial charge on any atom is -0.497 e. The molecule has 9 nitrogen and oxygen atoms in total. The van der Waals surface area contributed by atoms with Crippen molar-refractivity contribution in [1.29, 1.82) is 0 Å². The van der Waals surface area contributed by atoms with Crippen LogP contribution in [-0.2, 0) is 29.6 Å². The maximum absolute atomic E-state index is 12.6. The molecule has 2 N–H and O–H groups in total. The van der Waals surface area contributed by atoms with Crippen LogP contribution in [-0.4, -0.2) is 52.0 Å². The first-order valence-electron chi connectivity index (χ1n) is 10.4. The number of para-hydroxylation sites is 2. The van der Waals surface area contributed by atoms with Crippen LogP contribution in [0.15, 0.2) is 48.5 Å². The van der Waals surface area contributed by atoms with Gasteiger partial charge in [0.25, 0.3) is 5.91 Å². The molecule has 0 spiro atoms. The second-order valence-corrected chi connectivity index (χ2v) is 7.65. The molecular weight excluding hydrogens is 410 g/mol. The second kappa shape index (κ2) is 9.09. The van der Waals surface area contributed by atoms with Gasteiger partial charge in [0.15, 0.2) is 0 Å². The van der Waals surface area contributed by atoms with E-state index in [0.717, 1.165) is 27.3 Å². The average molecular weight is 435 g/mol. The molecule has 4 rings (SSSR count). The van der Waals surface area contributed by atoms with E-state index < -0.39 is 18.0 Å². The van der Waals surface area contributed by atoms with Crippen LogP contribution >= 0.6 is 0 Å². The number of imide groups is 1. The first kappa shape index (κ1) is 21.4. The number of nitrogens with one attached hydrogen (secondary N) is 2. The van der Waals surface area contributed by atoms with Gasteiger partial charge in [-0.3, -0.25) is 14.5 Å². The molecule has 2 aromatic carbocycles. The molecule has 1 aromatic heterocycles. The molecule has 0 bridgehead atoms. The fourth-order valence-corrected chi connectivity index (χ4v) is 3.77. The average Bonchev–Trinajstić information content (AvgIpc) is 3.25. The van der Waals surface area contributed by atoms with Crippen LogP contribution in [0.1, 0.15) is 17.8 Å². The summed E-state index contributed by atoms with van der Waals surface area (Å²) in [6, 6.07) is 13.6. The Bertz CT molecular complexity index is 1150. The minimum atomic E-state index is -0.864. The maximum Gasteiger partial charge on any atom is 0.325 e. The molecule has 1 saturated heterocycles. The van der Waals surface area contributed by atoms with E-state index in [4.69, 9.17) is 4.74 Å². The van der Waals surface area contributed by atoms with Crippen molar-refractivity contribution in [2.24, 2.45) is 7.05 Å². The lowest BCUT2D eigenvalue weighted by molar-refractivity contribution is -0.131. The summed E-state index contributed by atoms with van der Waals surface area (Å²) < 4.78 is 7.11. The standard InChI is InChI=1S/C23H25N5O4/c1-27-19-6-4-3-5-17(19)25-20(27)11-12-24-21(29)13-18-22(30)28(23(31)26-18)14-15-7-9-16(32-2)10-8-15/h3-10,18H,11-14H2,1-2H3,(H,24,29)(H,26,31)/t18-/m0/s1. The minimum absolute atomic E-state index is 0.105. The number of carbonyl (C=O) groups excluding carboxylic acids is 3. The van der Waals surface area contributed by atoms with Gasteiger partial charge in [-0.2, -0.15) is 0 Å². The number of aromatic nitrogens is 2. The molecule has 4 amide bonds. The normalized spacial score (nSPS) is 15.8. The van der Waals surface area contributed by atoms with E-state index in [0.29, 0.717) is 18.7 Å². The van der Waals surface area contributed by atoms with Crippen LogP contribution in [0.4, 0.5) is 4.79 Å². The van der Waals surface area contributed by atoms with Crippen LogP contribution in [0.5, 0.6) is 5.75 Å². The van der Waals surface area contributed by atoms with E-state index >= 15 is 0 Å².